The van der Waals surface area contributed by atoms with Crippen LogP contribution in [0.1, 0.15) is 0 Å². The molecule has 0 aliphatic rings. The summed E-state index contributed by atoms with van der Waals surface area (Å²) in [4.78, 5) is 35.4. The van der Waals surface area contributed by atoms with Crippen molar-refractivity contribution in [2.75, 3.05) is 0 Å². The van der Waals surface area contributed by atoms with Gasteiger partial charge in [0.2, 0.25) is 0 Å². The van der Waals surface area contributed by atoms with Crippen LogP contribution in [0.15, 0.2) is 0 Å². The van der Waals surface area contributed by atoms with Gasteiger partial charge in [-0.1, -0.05) is 5.43 Å². The smallest absolute Gasteiger partial charge is 0.262 e. The van der Waals surface area contributed by atoms with Gasteiger partial charge in [-0.2, -0.15) is 0 Å². The second-order valence-corrected chi connectivity index (χ2v) is 2.10. The van der Waals surface area contributed by atoms with Gasteiger partial charge in [0.25, 0.3) is 0 Å². The first-order valence-corrected chi connectivity index (χ1v) is 3.08. The van der Waals surface area contributed by atoms with Crippen molar-refractivity contribution in [2.45, 2.75) is 12.3 Å². The van der Waals surface area contributed by atoms with Crippen LogP contribution < -0.4 is 5.43 Å². The van der Waals surface area contributed by atoms with Gasteiger partial charge in [-0.05, 0) is 0 Å². The Hall–Kier alpha value is -2.60. The average molecular weight is 225 g/mol. The van der Waals surface area contributed by atoms with Crippen LogP contribution in [0, 0.1) is 40.5 Å². The Balaban J connectivity index is 5.01. The Labute approximate surface area is 79.2 Å². The quantitative estimate of drug-likeness (QED) is 0.310. The molecule has 0 spiro atoms. The summed E-state index contributed by atoms with van der Waals surface area (Å²) in [5.41, 5.74) is 0.882. The molecule has 0 heterocycles. The molecular formula is C2H3N5O8. The number of nitrogens with zero attached hydrogens (tertiary/aromatic N) is 4. The van der Waals surface area contributed by atoms with Crippen LogP contribution in [0.4, 0.5) is 0 Å². The molecule has 0 aromatic rings. The average Bonchev–Trinajstić information content (AvgIpc) is 2.00. The number of hydrogen-bond donors (Lipinski definition) is 1. The molecule has 13 nitrogen and oxygen atoms in total. The minimum Gasteiger partial charge on any atom is -0.262 e. The van der Waals surface area contributed by atoms with E-state index in [1.807, 2.05) is 0 Å². The van der Waals surface area contributed by atoms with Crippen LogP contribution in [-0.4, -0.2) is 32.1 Å². The largest absolute Gasteiger partial charge is 0.539 e. The molecule has 0 radical (unpaired) electrons. The van der Waals surface area contributed by atoms with E-state index in [2.05, 4.69) is 0 Å². The number of hydrogen-bond acceptors (Lipinski definition) is 8. The van der Waals surface area contributed by atoms with Gasteiger partial charge in [-0.15, -0.1) is 0 Å². The van der Waals surface area contributed by atoms with Crippen molar-refractivity contribution < 1.29 is 19.8 Å². The molecule has 15 heavy (non-hydrogen) atoms. The van der Waals surface area contributed by atoms with E-state index < -0.39 is 32.1 Å². The molecule has 1 unspecified atom stereocenters. The lowest BCUT2D eigenvalue weighted by Gasteiger charge is -2.05. The van der Waals surface area contributed by atoms with Crippen LogP contribution in [0.3, 0.4) is 0 Å². The first-order valence-electron chi connectivity index (χ1n) is 3.08. The Bertz CT molecular complexity index is 298. The predicted octanol–water partition coefficient (Wildman–Crippen LogP) is -1.75. The van der Waals surface area contributed by atoms with E-state index in [9.17, 15) is 40.5 Å². The SMILES string of the molecule is O=[N+]([O-])NC(C([N+](=O)[O-])[N+](=O)[O-])[N+](=O)[O-]. The second kappa shape index (κ2) is 4.58. The maximum atomic E-state index is 10.1. The first kappa shape index (κ1) is 12.4. The summed E-state index contributed by atoms with van der Waals surface area (Å²) in [6.45, 7) is 0. The fourth-order valence-electron chi connectivity index (χ4n) is 0.638. The molecule has 0 aliphatic carbocycles. The summed E-state index contributed by atoms with van der Waals surface area (Å²) in [7, 11) is 0. The van der Waals surface area contributed by atoms with Crippen molar-refractivity contribution in [3.05, 3.63) is 40.5 Å². The predicted molar refractivity (Wildman–Crippen MR) is 38.7 cm³/mol. The van der Waals surface area contributed by atoms with Crippen LogP contribution in [-0.2, 0) is 0 Å². The van der Waals surface area contributed by atoms with Crippen molar-refractivity contribution in [3.8, 4) is 0 Å². The van der Waals surface area contributed by atoms with Crippen LogP contribution in [0.5, 0.6) is 0 Å². The minimum absolute atomic E-state index is 0.882. The van der Waals surface area contributed by atoms with Gasteiger partial charge in [0.05, 0.1) is 4.92 Å². The Morgan fingerprint density at radius 3 is 1.40 bits per heavy atom. The summed E-state index contributed by atoms with van der Waals surface area (Å²) in [6, 6.07) is 0. The molecule has 0 fully saturated rings. The van der Waals surface area contributed by atoms with Crippen LogP contribution >= 0.6 is 0 Å². The van der Waals surface area contributed by atoms with Crippen molar-refractivity contribution in [2.24, 2.45) is 0 Å². The summed E-state index contributed by atoms with van der Waals surface area (Å²) in [5.74, 6) is 0. The second-order valence-electron chi connectivity index (χ2n) is 2.10. The van der Waals surface area contributed by atoms with Crippen molar-refractivity contribution >= 4 is 0 Å². The Kier molecular flexibility index (Phi) is 3.79. The van der Waals surface area contributed by atoms with Crippen molar-refractivity contribution in [1.29, 1.82) is 0 Å². The zero-order valence-electron chi connectivity index (χ0n) is 6.71. The molecule has 0 aliphatic heterocycles. The monoisotopic (exact) mass is 225 g/mol. The van der Waals surface area contributed by atoms with Gasteiger partial charge in [0, 0.05) is 0 Å². The molecular weight excluding hydrogens is 222 g/mol. The molecule has 84 valence electrons. The van der Waals surface area contributed by atoms with E-state index >= 15 is 0 Å². The highest BCUT2D eigenvalue weighted by Gasteiger charge is 2.54. The molecule has 0 aromatic heterocycles. The highest BCUT2D eigenvalue weighted by atomic mass is 16.7. The van der Waals surface area contributed by atoms with E-state index in [0.717, 1.165) is 5.43 Å². The van der Waals surface area contributed by atoms with E-state index in [1.165, 1.54) is 0 Å². The van der Waals surface area contributed by atoms with Gasteiger partial charge in [0.1, 0.15) is 9.85 Å². The summed E-state index contributed by atoms with van der Waals surface area (Å²) < 4.78 is 0. The van der Waals surface area contributed by atoms with Crippen LogP contribution in [0.2, 0.25) is 0 Å². The Morgan fingerprint density at radius 1 is 0.800 bits per heavy atom. The van der Waals surface area contributed by atoms with E-state index in [-0.39, 0.29) is 0 Å². The lowest BCUT2D eigenvalue weighted by atomic mass is 10.4. The zero-order valence-corrected chi connectivity index (χ0v) is 6.71. The maximum absolute atomic E-state index is 10.1. The van der Waals surface area contributed by atoms with E-state index in [1.54, 1.807) is 0 Å². The fourth-order valence-corrected chi connectivity index (χ4v) is 0.638. The topological polar surface area (TPSA) is 185 Å². The lowest BCUT2D eigenvalue weighted by Crippen LogP contribution is -2.54. The molecule has 1 atom stereocenters. The van der Waals surface area contributed by atoms with Gasteiger partial charge in [-0.25, -0.2) is 10.1 Å². The van der Waals surface area contributed by atoms with Crippen molar-refractivity contribution in [3.63, 3.8) is 0 Å². The van der Waals surface area contributed by atoms with Crippen molar-refractivity contribution in [1.82, 2.24) is 5.43 Å². The van der Waals surface area contributed by atoms with Crippen LogP contribution in [0.25, 0.3) is 0 Å². The summed E-state index contributed by atoms with van der Waals surface area (Å²) in [5, 5.41) is 38.6. The maximum Gasteiger partial charge on any atom is 0.539 e. The van der Waals surface area contributed by atoms with Gasteiger partial charge >= 0.3 is 12.3 Å². The Morgan fingerprint density at radius 2 is 1.20 bits per heavy atom. The molecule has 1 N–H and O–H groups in total. The van der Waals surface area contributed by atoms with E-state index in [4.69, 9.17) is 0 Å². The minimum atomic E-state index is -2.93. The fraction of sp³-hybridized carbons (Fsp3) is 1.00. The number of nitrogens with one attached hydrogen (secondary N) is 1. The highest BCUT2D eigenvalue weighted by molar-refractivity contribution is 4.51. The number of hydrazine groups is 1. The standard InChI is InChI=1S/C2H3N5O8/c8-4(9)1(3-7(14)15)2(5(10)11)6(12)13/h1-3H. The third kappa shape index (κ3) is 3.33. The molecule has 0 saturated carbocycles. The number of nitro groups is 4. The molecule has 0 bridgehead atoms. The first-order chi connectivity index (χ1) is 6.77. The summed E-state index contributed by atoms with van der Waals surface area (Å²) >= 11 is 0. The molecule has 13 heteroatoms. The van der Waals surface area contributed by atoms with E-state index in [0.29, 0.717) is 0 Å². The zero-order chi connectivity index (χ0) is 12.2. The normalized spacial score (nSPS) is 11.8. The number of rotatable bonds is 6. The third-order valence-electron chi connectivity index (χ3n) is 1.18. The van der Waals surface area contributed by atoms with Gasteiger partial charge < -0.3 is 0 Å². The van der Waals surface area contributed by atoms with Gasteiger partial charge in [-0.3, -0.25) is 30.3 Å². The lowest BCUT2D eigenvalue weighted by molar-refractivity contribution is -0.801. The third-order valence-corrected chi connectivity index (χ3v) is 1.18. The molecule has 0 rings (SSSR count). The highest BCUT2D eigenvalue weighted by Crippen LogP contribution is 2.00. The van der Waals surface area contributed by atoms with Gasteiger partial charge in [0.15, 0.2) is 5.03 Å². The molecule has 0 saturated heterocycles. The summed E-state index contributed by atoms with van der Waals surface area (Å²) in [6.07, 6.45) is -5.66. The molecule has 0 aromatic carbocycles. The molecule has 0 amide bonds.